The van der Waals surface area contributed by atoms with Crippen molar-refractivity contribution in [2.24, 2.45) is 34.8 Å². The van der Waals surface area contributed by atoms with Gasteiger partial charge in [-0.25, -0.2) is 4.79 Å². The van der Waals surface area contributed by atoms with Crippen LogP contribution in [0.4, 0.5) is 4.79 Å². The second-order valence-corrected chi connectivity index (χ2v) is 13.2. The molecule has 0 unspecified atom stereocenters. The van der Waals surface area contributed by atoms with Crippen LogP contribution in [0.3, 0.4) is 0 Å². The third kappa shape index (κ3) is 8.04. The molecule has 3 rings (SSSR count). The van der Waals surface area contributed by atoms with E-state index in [0.29, 0.717) is 13.0 Å². The van der Waals surface area contributed by atoms with Gasteiger partial charge in [-0.3, -0.25) is 24.0 Å². The van der Waals surface area contributed by atoms with Gasteiger partial charge in [0.2, 0.25) is 17.6 Å². The molecule has 2 aliphatic carbocycles. The van der Waals surface area contributed by atoms with E-state index in [4.69, 9.17) is 5.73 Å². The van der Waals surface area contributed by atoms with Crippen LogP contribution in [-0.2, 0) is 24.0 Å². The highest BCUT2D eigenvalue weighted by Gasteiger charge is 2.46. The van der Waals surface area contributed by atoms with Crippen LogP contribution in [0.1, 0.15) is 86.0 Å². The summed E-state index contributed by atoms with van der Waals surface area (Å²) in [6.07, 6.45) is 7.09. The molecule has 3 aliphatic rings. The van der Waals surface area contributed by atoms with Crippen LogP contribution in [0, 0.1) is 29.1 Å². The molecule has 11 heteroatoms. The zero-order valence-electron chi connectivity index (χ0n) is 24.6. The van der Waals surface area contributed by atoms with Gasteiger partial charge in [-0.15, -0.1) is 0 Å². The Hall–Kier alpha value is -2.98. The van der Waals surface area contributed by atoms with E-state index in [1.807, 2.05) is 34.6 Å². The fourth-order valence-electron chi connectivity index (χ4n) is 5.85. The molecule has 3 fully saturated rings. The normalized spacial score (nSPS) is 23.3. The number of urea groups is 1. The number of Topliss-reactive ketones (excluding diaryl/α,β-unsaturated/α-hetero) is 2. The Labute approximate surface area is 237 Å². The van der Waals surface area contributed by atoms with E-state index < -0.39 is 59.6 Å². The summed E-state index contributed by atoms with van der Waals surface area (Å²) in [5.74, 6) is -2.61. The lowest BCUT2D eigenvalue weighted by Gasteiger charge is -2.36. The molecule has 11 nitrogen and oxygen atoms in total. The van der Waals surface area contributed by atoms with E-state index in [2.05, 4.69) is 16.0 Å². The lowest BCUT2D eigenvalue weighted by molar-refractivity contribution is -0.142. The molecule has 0 bridgehead atoms. The largest absolute Gasteiger partial charge is 0.363 e. The smallest absolute Gasteiger partial charge is 0.316 e. The fourth-order valence-corrected chi connectivity index (χ4v) is 5.85. The first-order valence-corrected chi connectivity index (χ1v) is 14.7. The van der Waals surface area contributed by atoms with Gasteiger partial charge in [0.25, 0.3) is 5.91 Å². The molecule has 0 aromatic rings. The third-order valence-corrected chi connectivity index (χ3v) is 8.64. The van der Waals surface area contributed by atoms with Gasteiger partial charge in [-0.2, -0.15) is 0 Å². The van der Waals surface area contributed by atoms with Crippen molar-refractivity contribution in [3.8, 4) is 0 Å². The molecular weight excluding hydrogens is 514 g/mol. The summed E-state index contributed by atoms with van der Waals surface area (Å²) < 4.78 is 0. The Kier molecular flexibility index (Phi) is 10.3. The number of nitrogens with zero attached hydrogens (tertiary/aromatic N) is 1. The Morgan fingerprint density at radius 1 is 0.900 bits per heavy atom. The van der Waals surface area contributed by atoms with Crippen LogP contribution in [0.25, 0.3) is 0 Å². The fraction of sp³-hybridized carbons (Fsp3) is 0.793. The standard InChI is InChI=1S/C29H47N5O6/c1-16(2)19-13-20(26(38)31-14-21(35)25(30)37)34(15-19)27(39)24(29(3,4)5)33-28(40)32-22(23(36)18-11-12-18)17-9-7-6-8-10-17/h16-20,22,24H,6-15H2,1-5H3,(H2,30,37)(H,31,38)(H2,32,33,40)/t19-,20+,22+,24-/m1/s1. The van der Waals surface area contributed by atoms with Crippen molar-refractivity contribution in [1.29, 1.82) is 0 Å². The first-order valence-electron chi connectivity index (χ1n) is 14.7. The molecule has 224 valence electrons. The number of likely N-dealkylation sites (tertiary alicyclic amines) is 1. The van der Waals surface area contributed by atoms with Gasteiger partial charge in [-0.05, 0) is 55.3 Å². The zero-order chi connectivity index (χ0) is 29.8. The number of nitrogens with two attached hydrogens (primary N) is 1. The van der Waals surface area contributed by atoms with Crippen molar-refractivity contribution in [1.82, 2.24) is 20.9 Å². The van der Waals surface area contributed by atoms with E-state index >= 15 is 0 Å². The van der Waals surface area contributed by atoms with Crippen LogP contribution in [-0.4, -0.2) is 71.4 Å². The summed E-state index contributed by atoms with van der Waals surface area (Å²) in [5, 5.41) is 8.21. The van der Waals surface area contributed by atoms with Crippen molar-refractivity contribution >= 4 is 35.3 Å². The first-order chi connectivity index (χ1) is 18.7. The van der Waals surface area contributed by atoms with Gasteiger partial charge in [0.15, 0.2) is 5.78 Å². The minimum absolute atomic E-state index is 0.00514. The topological polar surface area (TPSA) is 168 Å². The Bertz CT molecular complexity index is 995. The number of carbonyl (C=O) groups is 6. The Morgan fingerprint density at radius 3 is 2.05 bits per heavy atom. The van der Waals surface area contributed by atoms with Gasteiger partial charge in [0.05, 0.1) is 12.6 Å². The number of hydrogen-bond acceptors (Lipinski definition) is 6. The molecule has 0 radical (unpaired) electrons. The number of rotatable bonds is 11. The van der Waals surface area contributed by atoms with E-state index in [0.717, 1.165) is 44.9 Å². The van der Waals surface area contributed by atoms with Crippen molar-refractivity contribution in [3.05, 3.63) is 0 Å². The minimum Gasteiger partial charge on any atom is -0.363 e. The summed E-state index contributed by atoms with van der Waals surface area (Å²) in [6, 6.07) is -2.96. The van der Waals surface area contributed by atoms with Gasteiger partial charge in [-0.1, -0.05) is 53.9 Å². The number of hydrogen-bond donors (Lipinski definition) is 4. The predicted octanol–water partition coefficient (Wildman–Crippen LogP) is 1.67. The maximum atomic E-state index is 14.0. The van der Waals surface area contributed by atoms with Crippen molar-refractivity contribution in [2.45, 2.75) is 104 Å². The Morgan fingerprint density at radius 2 is 1.52 bits per heavy atom. The Balaban J connectivity index is 1.76. The van der Waals surface area contributed by atoms with Crippen molar-refractivity contribution in [2.75, 3.05) is 13.1 Å². The number of amides is 5. The highest BCUT2D eigenvalue weighted by Crippen LogP contribution is 2.36. The average molecular weight is 562 g/mol. The first kappa shape index (κ1) is 31.5. The average Bonchev–Trinajstić information content (AvgIpc) is 3.65. The van der Waals surface area contributed by atoms with E-state index in [9.17, 15) is 28.8 Å². The van der Waals surface area contributed by atoms with Gasteiger partial charge in [0, 0.05) is 12.5 Å². The minimum atomic E-state index is -1.14. The molecule has 5 amide bonds. The lowest BCUT2D eigenvalue weighted by Crippen LogP contribution is -2.61. The van der Waals surface area contributed by atoms with Crippen molar-refractivity contribution < 1.29 is 28.8 Å². The molecule has 1 saturated heterocycles. The monoisotopic (exact) mass is 561 g/mol. The van der Waals surface area contributed by atoms with Crippen LogP contribution in [0.15, 0.2) is 0 Å². The van der Waals surface area contributed by atoms with E-state index in [1.165, 1.54) is 4.90 Å². The number of ketones is 2. The number of nitrogens with one attached hydrogen (secondary N) is 3. The summed E-state index contributed by atoms with van der Waals surface area (Å²) in [7, 11) is 0. The molecule has 4 atom stereocenters. The van der Waals surface area contributed by atoms with Crippen LogP contribution in [0.5, 0.6) is 0 Å². The molecule has 0 aromatic carbocycles. The maximum absolute atomic E-state index is 14.0. The van der Waals surface area contributed by atoms with Crippen LogP contribution < -0.4 is 21.7 Å². The quantitative estimate of drug-likeness (QED) is 0.280. The summed E-state index contributed by atoms with van der Waals surface area (Å²) in [4.78, 5) is 77.8. The predicted molar refractivity (Wildman–Crippen MR) is 149 cm³/mol. The molecule has 5 N–H and O–H groups in total. The molecule has 40 heavy (non-hydrogen) atoms. The highest BCUT2D eigenvalue weighted by molar-refractivity contribution is 6.36. The third-order valence-electron chi connectivity index (χ3n) is 8.64. The molecule has 2 saturated carbocycles. The van der Waals surface area contributed by atoms with E-state index in [-0.39, 0.29) is 29.5 Å². The SMILES string of the molecule is CC(C)[C@@H]1C[C@@H](C(=O)NCC(=O)C(N)=O)N(C(=O)[C@@H](NC(=O)N[C@H](C(=O)C2CC2)C2CCCCC2)C(C)(C)C)C1. The van der Waals surface area contributed by atoms with Gasteiger partial charge < -0.3 is 26.6 Å². The summed E-state index contributed by atoms with van der Waals surface area (Å²) in [5.41, 5.74) is 4.30. The second kappa shape index (κ2) is 13.1. The van der Waals surface area contributed by atoms with E-state index in [1.54, 1.807) is 0 Å². The molecule has 0 spiro atoms. The van der Waals surface area contributed by atoms with Gasteiger partial charge in [0.1, 0.15) is 12.1 Å². The molecule has 1 heterocycles. The summed E-state index contributed by atoms with van der Waals surface area (Å²) in [6.45, 7) is 9.30. The van der Waals surface area contributed by atoms with Crippen molar-refractivity contribution in [3.63, 3.8) is 0 Å². The maximum Gasteiger partial charge on any atom is 0.316 e. The zero-order valence-corrected chi connectivity index (χ0v) is 24.6. The lowest BCUT2D eigenvalue weighted by atomic mass is 9.81. The molecule has 1 aliphatic heterocycles. The second-order valence-electron chi connectivity index (χ2n) is 13.2. The number of carbonyl (C=O) groups excluding carboxylic acids is 6. The number of primary amides is 1. The van der Waals surface area contributed by atoms with Crippen LogP contribution in [0.2, 0.25) is 0 Å². The van der Waals surface area contributed by atoms with Gasteiger partial charge >= 0.3 is 6.03 Å². The molecular formula is C29H47N5O6. The van der Waals surface area contributed by atoms with Crippen LogP contribution >= 0.6 is 0 Å². The summed E-state index contributed by atoms with van der Waals surface area (Å²) >= 11 is 0. The highest BCUT2D eigenvalue weighted by atomic mass is 16.2. The molecule has 0 aromatic heterocycles.